The number of carbonyl (C=O) groups is 1. The Bertz CT molecular complexity index is 967. The summed E-state index contributed by atoms with van der Waals surface area (Å²) in [4.78, 5) is 27.7. The van der Waals surface area contributed by atoms with Gasteiger partial charge in [-0.3, -0.25) is 14.5 Å². The Morgan fingerprint density at radius 1 is 1.15 bits per heavy atom. The molecule has 2 heterocycles. The number of hydrogen-bond donors (Lipinski definition) is 1. The van der Waals surface area contributed by atoms with Gasteiger partial charge in [-0.2, -0.15) is 0 Å². The van der Waals surface area contributed by atoms with Crippen LogP contribution in [0, 0.1) is 0 Å². The summed E-state index contributed by atoms with van der Waals surface area (Å²) in [6.07, 6.45) is 8.58. The second kappa shape index (κ2) is 11.5. The predicted molar refractivity (Wildman–Crippen MR) is 127 cm³/mol. The smallest absolute Gasteiger partial charge is 0.240 e. The van der Waals surface area contributed by atoms with Gasteiger partial charge in [0.1, 0.15) is 6.54 Å². The van der Waals surface area contributed by atoms with Crippen molar-refractivity contribution in [3.8, 4) is 5.75 Å². The lowest BCUT2D eigenvalue weighted by atomic mass is 10.1. The van der Waals surface area contributed by atoms with Gasteiger partial charge in [0, 0.05) is 37.4 Å². The van der Waals surface area contributed by atoms with Gasteiger partial charge in [0.25, 0.3) is 0 Å². The fraction of sp³-hybridized carbons (Fsp3) is 0.538. The maximum atomic E-state index is 12.9. The molecule has 2 aliphatic rings. The number of morpholine rings is 1. The molecule has 0 bridgehead atoms. The summed E-state index contributed by atoms with van der Waals surface area (Å²) in [5.41, 5.74) is 1.79. The van der Waals surface area contributed by atoms with Crippen LogP contribution < -0.4 is 15.5 Å². The van der Waals surface area contributed by atoms with Crippen LogP contribution in [0.2, 0.25) is 0 Å². The van der Waals surface area contributed by atoms with Crippen LogP contribution >= 0.6 is 0 Å². The number of benzene rings is 1. The van der Waals surface area contributed by atoms with Crippen molar-refractivity contribution in [2.75, 3.05) is 26.8 Å². The highest BCUT2D eigenvalue weighted by atomic mass is 16.5. The highest BCUT2D eigenvalue weighted by Gasteiger charge is 2.23. The molecule has 1 atom stereocenters. The monoisotopic (exact) mass is 453 g/mol. The van der Waals surface area contributed by atoms with E-state index in [2.05, 4.69) is 22.3 Å². The largest absolute Gasteiger partial charge is 0.491 e. The van der Waals surface area contributed by atoms with Crippen molar-refractivity contribution in [2.45, 2.75) is 63.8 Å². The Hall–Kier alpha value is -2.64. The third-order valence-corrected chi connectivity index (χ3v) is 6.64. The maximum absolute atomic E-state index is 12.9. The standard InChI is InChI=1S/C26H35N3O4/c1-32-25-18-29(19-26(31)27-21-11-7-2-3-8-12-21)22(15-23(25)30)16-28-13-14-33-24(17-28)20-9-5-4-6-10-20/h4-6,9-10,15,18,21,24H,2-3,7-8,11-14,16-17,19H2,1H3,(H,27,31)/t24-/m0/s1. The molecule has 1 aromatic heterocycles. The number of nitrogens with one attached hydrogen (secondary N) is 1. The van der Waals surface area contributed by atoms with Gasteiger partial charge in [-0.1, -0.05) is 56.0 Å². The van der Waals surface area contributed by atoms with Crippen molar-refractivity contribution in [3.05, 3.63) is 64.1 Å². The topological polar surface area (TPSA) is 72.8 Å². The van der Waals surface area contributed by atoms with Gasteiger partial charge in [-0.15, -0.1) is 0 Å². The molecule has 7 nitrogen and oxygen atoms in total. The van der Waals surface area contributed by atoms with Crippen LogP contribution in [0.3, 0.4) is 0 Å². The first-order valence-corrected chi connectivity index (χ1v) is 12.1. The van der Waals surface area contributed by atoms with Gasteiger partial charge in [-0.05, 0) is 18.4 Å². The molecular weight excluding hydrogens is 418 g/mol. The van der Waals surface area contributed by atoms with E-state index in [1.165, 1.54) is 32.8 Å². The predicted octanol–water partition coefficient (Wildman–Crippen LogP) is 3.27. The van der Waals surface area contributed by atoms with Crippen LogP contribution in [-0.4, -0.2) is 48.2 Å². The Balaban J connectivity index is 1.47. The molecule has 2 aromatic rings. The molecule has 1 amide bonds. The number of carbonyl (C=O) groups excluding carboxylic acids is 1. The SMILES string of the molecule is COc1cn(CC(=O)NC2CCCCCC2)c(CN2CCO[C@H](c3ccccc3)C2)cc1=O. The molecule has 0 unspecified atom stereocenters. The lowest BCUT2D eigenvalue weighted by Gasteiger charge is -2.33. The average Bonchev–Trinajstić information content (AvgIpc) is 3.10. The number of hydrogen-bond acceptors (Lipinski definition) is 5. The number of pyridine rings is 1. The normalized spacial score (nSPS) is 20.2. The second-order valence-electron chi connectivity index (χ2n) is 9.09. The molecule has 0 spiro atoms. The minimum atomic E-state index is -0.166. The van der Waals surface area contributed by atoms with E-state index in [-0.39, 0.29) is 35.8 Å². The lowest BCUT2D eigenvalue weighted by molar-refractivity contribution is -0.122. The number of amides is 1. The molecule has 4 rings (SSSR count). The Kier molecular flexibility index (Phi) is 8.18. The molecule has 33 heavy (non-hydrogen) atoms. The minimum Gasteiger partial charge on any atom is -0.491 e. The molecule has 1 saturated carbocycles. The number of aromatic nitrogens is 1. The summed E-state index contributed by atoms with van der Waals surface area (Å²) in [5.74, 6) is 0.239. The van der Waals surface area contributed by atoms with Crippen LogP contribution in [0.4, 0.5) is 0 Å². The molecular formula is C26H35N3O4. The first-order chi connectivity index (χ1) is 16.1. The maximum Gasteiger partial charge on any atom is 0.240 e. The second-order valence-corrected chi connectivity index (χ2v) is 9.09. The fourth-order valence-corrected chi connectivity index (χ4v) is 4.83. The molecule has 178 valence electrons. The number of ether oxygens (including phenoxy) is 2. The molecule has 2 fully saturated rings. The van der Waals surface area contributed by atoms with Gasteiger partial charge < -0.3 is 19.4 Å². The fourth-order valence-electron chi connectivity index (χ4n) is 4.83. The van der Waals surface area contributed by atoms with Crippen molar-refractivity contribution in [3.63, 3.8) is 0 Å². The third-order valence-electron chi connectivity index (χ3n) is 6.64. The molecule has 7 heteroatoms. The summed E-state index contributed by atoms with van der Waals surface area (Å²) >= 11 is 0. The zero-order valence-electron chi connectivity index (χ0n) is 19.5. The Morgan fingerprint density at radius 3 is 2.64 bits per heavy atom. The van der Waals surface area contributed by atoms with Crippen LogP contribution in [0.25, 0.3) is 0 Å². The molecule has 1 aliphatic heterocycles. The van der Waals surface area contributed by atoms with Crippen molar-refractivity contribution >= 4 is 5.91 Å². The van der Waals surface area contributed by atoms with Crippen molar-refractivity contribution in [1.82, 2.24) is 14.8 Å². The van der Waals surface area contributed by atoms with Gasteiger partial charge >= 0.3 is 0 Å². The molecule has 1 aliphatic carbocycles. The van der Waals surface area contributed by atoms with E-state index in [0.29, 0.717) is 13.2 Å². The van der Waals surface area contributed by atoms with E-state index in [9.17, 15) is 9.59 Å². The van der Waals surface area contributed by atoms with Crippen molar-refractivity contribution in [1.29, 1.82) is 0 Å². The summed E-state index contributed by atoms with van der Waals surface area (Å²) in [6, 6.07) is 12.0. The Labute approximate surface area is 195 Å². The molecule has 1 N–H and O–H groups in total. The quantitative estimate of drug-likeness (QED) is 0.652. The van der Waals surface area contributed by atoms with E-state index >= 15 is 0 Å². The highest BCUT2D eigenvalue weighted by Crippen LogP contribution is 2.23. The van der Waals surface area contributed by atoms with E-state index < -0.39 is 0 Å². The van der Waals surface area contributed by atoms with Gasteiger partial charge in [-0.25, -0.2) is 0 Å². The van der Waals surface area contributed by atoms with Crippen molar-refractivity contribution < 1.29 is 14.3 Å². The summed E-state index contributed by atoms with van der Waals surface area (Å²) in [7, 11) is 1.48. The lowest BCUT2D eigenvalue weighted by Crippen LogP contribution is -2.40. The molecule has 1 aromatic carbocycles. The highest BCUT2D eigenvalue weighted by molar-refractivity contribution is 5.76. The van der Waals surface area contributed by atoms with Crippen LogP contribution in [-0.2, 0) is 22.6 Å². The van der Waals surface area contributed by atoms with Crippen LogP contribution in [0.5, 0.6) is 5.75 Å². The van der Waals surface area contributed by atoms with Crippen molar-refractivity contribution in [2.24, 2.45) is 0 Å². The number of nitrogens with zero attached hydrogens (tertiary/aromatic N) is 2. The van der Waals surface area contributed by atoms with E-state index in [4.69, 9.17) is 9.47 Å². The van der Waals surface area contributed by atoms with Crippen LogP contribution in [0.1, 0.15) is 55.9 Å². The first-order valence-electron chi connectivity index (χ1n) is 12.1. The minimum absolute atomic E-state index is 0.00287. The average molecular weight is 454 g/mol. The van der Waals surface area contributed by atoms with E-state index in [1.54, 1.807) is 12.3 Å². The Morgan fingerprint density at radius 2 is 1.91 bits per heavy atom. The van der Waals surface area contributed by atoms with Crippen LogP contribution in [0.15, 0.2) is 47.4 Å². The first kappa shape index (κ1) is 23.5. The van der Waals surface area contributed by atoms with Gasteiger partial charge in [0.05, 0.1) is 26.0 Å². The number of rotatable bonds is 7. The number of methoxy groups -OCH3 is 1. The molecule has 1 saturated heterocycles. The summed E-state index contributed by atoms with van der Waals surface area (Å²) in [6.45, 7) is 2.88. The van der Waals surface area contributed by atoms with Gasteiger partial charge in [0.15, 0.2) is 5.75 Å². The molecule has 0 radical (unpaired) electrons. The van der Waals surface area contributed by atoms with E-state index in [0.717, 1.165) is 37.2 Å². The van der Waals surface area contributed by atoms with E-state index in [1.807, 2.05) is 22.8 Å². The summed E-state index contributed by atoms with van der Waals surface area (Å²) < 4.78 is 13.1. The summed E-state index contributed by atoms with van der Waals surface area (Å²) in [5, 5.41) is 3.21. The zero-order valence-corrected chi connectivity index (χ0v) is 19.5. The van der Waals surface area contributed by atoms with Gasteiger partial charge in [0.2, 0.25) is 11.3 Å². The zero-order chi connectivity index (χ0) is 23.0. The third kappa shape index (κ3) is 6.45.